The van der Waals surface area contributed by atoms with Crippen molar-refractivity contribution in [1.82, 2.24) is 10.2 Å². The number of piperidine rings is 1. The lowest BCUT2D eigenvalue weighted by Gasteiger charge is -2.40. The molecule has 0 atom stereocenters. The van der Waals surface area contributed by atoms with Crippen LogP contribution in [0.4, 0.5) is 0 Å². The summed E-state index contributed by atoms with van der Waals surface area (Å²) in [5, 5.41) is 15.2. The third kappa shape index (κ3) is 7.44. The minimum absolute atomic E-state index is 0.176. The van der Waals surface area contributed by atoms with Crippen LogP contribution in [0.1, 0.15) is 42.4 Å². The molecule has 0 spiro atoms. The van der Waals surface area contributed by atoms with E-state index in [0.29, 0.717) is 24.4 Å². The molecular weight excluding hydrogens is 520 g/mol. The minimum atomic E-state index is -4.03. The molecule has 204 valence electrons. The first-order valence-corrected chi connectivity index (χ1v) is 15.2. The molecule has 1 fully saturated rings. The average Bonchev–Trinajstić information content (AvgIpc) is 2.92. The van der Waals surface area contributed by atoms with Gasteiger partial charge in [0.25, 0.3) is 10.1 Å². The van der Waals surface area contributed by atoms with E-state index in [1.807, 2.05) is 60.7 Å². The first kappa shape index (κ1) is 28.7. The second-order valence-electron chi connectivity index (χ2n) is 10.3. The summed E-state index contributed by atoms with van der Waals surface area (Å²) in [6.45, 7) is 3.26. The number of aliphatic hydroxyl groups is 1. The second-order valence-corrected chi connectivity index (χ2v) is 12.3. The first-order valence-electron chi connectivity index (χ1n) is 13.2. The first-order chi connectivity index (χ1) is 18.2. The van der Waals surface area contributed by atoms with E-state index in [2.05, 4.69) is 34.5 Å². The lowest BCUT2D eigenvalue weighted by atomic mass is 9.71. The fourth-order valence-corrected chi connectivity index (χ4v) is 6.09. The van der Waals surface area contributed by atoms with E-state index in [1.54, 1.807) is 0 Å². The Kier molecular flexibility index (Phi) is 9.63. The van der Waals surface area contributed by atoms with Crippen LogP contribution in [0.15, 0.2) is 84.9 Å². The largest absolute Gasteiger partial charge is 0.385 e. The number of hydrogen-bond donors (Lipinski definition) is 3. The van der Waals surface area contributed by atoms with Gasteiger partial charge in [0.1, 0.15) is 0 Å². The quantitative estimate of drug-likeness (QED) is 0.218. The summed E-state index contributed by atoms with van der Waals surface area (Å²) in [6.07, 6.45) is 3.14. The zero-order chi connectivity index (χ0) is 27.1. The van der Waals surface area contributed by atoms with Gasteiger partial charge in [0.2, 0.25) is 0 Å². The molecule has 0 unspecified atom stereocenters. The van der Waals surface area contributed by atoms with Gasteiger partial charge in [0, 0.05) is 36.6 Å². The van der Waals surface area contributed by atoms with Gasteiger partial charge < -0.3 is 15.3 Å². The van der Waals surface area contributed by atoms with Gasteiger partial charge in [-0.15, -0.1) is 0 Å². The maximum Gasteiger partial charge on any atom is 0.266 e. The van der Waals surface area contributed by atoms with Gasteiger partial charge in [-0.25, -0.2) is 0 Å². The molecule has 0 amide bonds. The van der Waals surface area contributed by atoms with Crippen LogP contribution in [0.25, 0.3) is 0 Å². The third-order valence-corrected chi connectivity index (χ3v) is 8.73. The van der Waals surface area contributed by atoms with E-state index in [1.165, 1.54) is 11.1 Å². The Morgan fingerprint density at radius 1 is 0.895 bits per heavy atom. The Labute approximate surface area is 231 Å². The molecule has 1 aliphatic rings. The van der Waals surface area contributed by atoms with Crippen molar-refractivity contribution in [2.24, 2.45) is 0 Å². The normalized spacial score (nSPS) is 16.4. The second kappa shape index (κ2) is 12.7. The molecule has 0 bridgehead atoms. The molecule has 3 aromatic rings. The Bertz CT molecular complexity index is 1210. The van der Waals surface area contributed by atoms with E-state index in [-0.39, 0.29) is 17.7 Å². The predicted octanol–water partition coefficient (Wildman–Crippen LogP) is 4.87. The van der Waals surface area contributed by atoms with Crippen molar-refractivity contribution in [3.63, 3.8) is 0 Å². The van der Waals surface area contributed by atoms with Crippen LogP contribution in [-0.2, 0) is 21.1 Å². The number of nitrogens with one attached hydrogen (secondary N) is 1. The zero-order valence-electron chi connectivity index (χ0n) is 21.6. The van der Waals surface area contributed by atoms with E-state index >= 15 is 0 Å². The number of hydrogen-bond acceptors (Lipinski definition) is 5. The van der Waals surface area contributed by atoms with Crippen LogP contribution in [0.5, 0.6) is 0 Å². The summed E-state index contributed by atoms with van der Waals surface area (Å²) in [4.78, 5) is 2.41. The summed E-state index contributed by atoms with van der Waals surface area (Å²) in [5.74, 6) is -0.322. The molecule has 3 N–H and O–H groups in total. The fourth-order valence-electron chi connectivity index (χ4n) is 5.56. The number of halogens is 1. The molecule has 1 aliphatic heterocycles. The van der Waals surface area contributed by atoms with Crippen LogP contribution in [-0.4, -0.2) is 61.5 Å². The molecule has 3 aromatic carbocycles. The summed E-state index contributed by atoms with van der Waals surface area (Å²) >= 11 is 6.03. The lowest BCUT2D eigenvalue weighted by Crippen LogP contribution is -2.44. The molecule has 0 aromatic heterocycles. The van der Waals surface area contributed by atoms with Crippen molar-refractivity contribution in [1.29, 1.82) is 0 Å². The topological polar surface area (TPSA) is 89.9 Å². The average molecular weight is 557 g/mol. The Morgan fingerprint density at radius 3 is 1.97 bits per heavy atom. The molecule has 8 heteroatoms. The summed E-state index contributed by atoms with van der Waals surface area (Å²) in [6, 6.07) is 28.2. The van der Waals surface area contributed by atoms with E-state index < -0.39 is 15.7 Å². The highest BCUT2D eigenvalue weighted by Gasteiger charge is 2.36. The van der Waals surface area contributed by atoms with Crippen molar-refractivity contribution < 1.29 is 18.1 Å². The van der Waals surface area contributed by atoms with Crippen molar-refractivity contribution in [2.45, 2.75) is 36.7 Å². The van der Waals surface area contributed by atoms with Crippen LogP contribution < -0.4 is 5.32 Å². The Hall–Kier alpha value is -2.26. The van der Waals surface area contributed by atoms with Gasteiger partial charge in [0.05, 0.1) is 11.4 Å². The molecule has 1 saturated heterocycles. The van der Waals surface area contributed by atoms with Gasteiger partial charge in [-0.2, -0.15) is 8.42 Å². The molecule has 0 saturated carbocycles. The predicted molar refractivity (Wildman–Crippen MR) is 153 cm³/mol. The van der Waals surface area contributed by atoms with Gasteiger partial charge >= 0.3 is 0 Å². The number of benzene rings is 3. The van der Waals surface area contributed by atoms with Crippen molar-refractivity contribution >= 4 is 21.7 Å². The van der Waals surface area contributed by atoms with Crippen molar-refractivity contribution in [2.75, 3.05) is 38.5 Å². The molecule has 0 aliphatic carbocycles. The maximum absolute atomic E-state index is 11.3. The Morgan fingerprint density at radius 2 is 1.45 bits per heavy atom. The van der Waals surface area contributed by atoms with Crippen LogP contribution in [0.2, 0.25) is 5.02 Å². The van der Waals surface area contributed by atoms with E-state index in [0.717, 1.165) is 38.0 Å². The van der Waals surface area contributed by atoms with Crippen LogP contribution >= 0.6 is 11.6 Å². The van der Waals surface area contributed by atoms with E-state index in [9.17, 15) is 18.1 Å². The summed E-state index contributed by atoms with van der Waals surface area (Å²) < 4.78 is 31.8. The van der Waals surface area contributed by atoms with Gasteiger partial charge in [-0.1, -0.05) is 84.4 Å². The van der Waals surface area contributed by atoms with E-state index in [4.69, 9.17) is 11.6 Å². The molecule has 1 heterocycles. The summed E-state index contributed by atoms with van der Waals surface area (Å²) in [7, 11) is -4.03. The molecule has 6 nitrogen and oxygen atoms in total. The highest BCUT2D eigenvalue weighted by atomic mass is 35.5. The third-order valence-electron chi connectivity index (χ3n) is 7.76. The fraction of sp³-hybridized carbons (Fsp3) is 0.400. The monoisotopic (exact) mass is 556 g/mol. The number of nitrogens with zero attached hydrogens (tertiary/aromatic N) is 1. The molecule has 0 radical (unpaired) electrons. The van der Waals surface area contributed by atoms with Gasteiger partial charge in [-0.05, 0) is 61.1 Å². The minimum Gasteiger partial charge on any atom is -0.385 e. The SMILES string of the molecule is O=S(=O)(O)CCNCC(CCCN1CCC(O)(c2ccc(Cl)cc2)CC1)(c1ccccc1)c1ccccc1. The molecule has 38 heavy (non-hydrogen) atoms. The number of rotatable bonds is 12. The van der Waals surface area contributed by atoms with Gasteiger partial charge in [-0.3, -0.25) is 4.55 Å². The smallest absolute Gasteiger partial charge is 0.266 e. The zero-order valence-corrected chi connectivity index (χ0v) is 23.2. The maximum atomic E-state index is 11.3. The highest BCUT2D eigenvalue weighted by molar-refractivity contribution is 7.85. The van der Waals surface area contributed by atoms with Crippen molar-refractivity contribution in [3.05, 3.63) is 107 Å². The van der Waals surface area contributed by atoms with Crippen LogP contribution in [0, 0.1) is 0 Å². The van der Waals surface area contributed by atoms with Crippen molar-refractivity contribution in [3.8, 4) is 0 Å². The summed E-state index contributed by atoms with van der Waals surface area (Å²) in [5.41, 5.74) is 2.07. The highest BCUT2D eigenvalue weighted by Crippen LogP contribution is 2.37. The number of likely N-dealkylation sites (tertiary alicyclic amines) is 1. The van der Waals surface area contributed by atoms with Crippen LogP contribution in [0.3, 0.4) is 0 Å². The standard InChI is InChI=1S/C30H37ClN2O4S/c31-28-14-12-27(13-15-28)30(34)17-21-33(22-18-30)20-7-16-29(25-8-3-1-4-9-25,26-10-5-2-6-11-26)24-32-19-23-38(35,36)37/h1-6,8-15,32,34H,7,16-24H2,(H,35,36,37). The Balaban J connectivity index is 1.45. The van der Waals surface area contributed by atoms with Gasteiger partial charge in [0.15, 0.2) is 0 Å². The molecule has 4 rings (SSSR count). The molecular formula is C30H37ClN2O4S. The lowest BCUT2D eigenvalue weighted by molar-refractivity contribution is -0.0262.